The van der Waals surface area contributed by atoms with Crippen molar-refractivity contribution in [1.29, 1.82) is 0 Å². The lowest BCUT2D eigenvalue weighted by molar-refractivity contribution is 1.70. The van der Waals surface area contributed by atoms with E-state index in [1.165, 1.54) is 0 Å². The van der Waals surface area contributed by atoms with Crippen LogP contribution in [0.3, 0.4) is 0 Å². The first-order valence-electron chi connectivity index (χ1n) is 5.21. The van der Waals surface area contributed by atoms with Crippen LogP contribution in [0.5, 0.6) is 0 Å². The first kappa shape index (κ1) is 9.61. The van der Waals surface area contributed by atoms with E-state index >= 15 is 0 Å². The molecule has 2 nitrogen and oxygen atoms in total. The Balaban J connectivity index is 1.95. The Bertz CT molecular complexity index is 505. The molecule has 1 aliphatic heterocycles. The van der Waals surface area contributed by atoms with Gasteiger partial charge in [0.2, 0.25) is 0 Å². The van der Waals surface area contributed by atoms with Crippen molar-refractivity contribution in [2.24, 2.45) is 0 Å². The number of anilines is 2. The van der Waals surface area contributed by atoms with Crippen LogP contribution in [0.15, 0.2) is 48.5 Å². The third-order valence-electron chi connectivity index (χ3n) is 2.74. The Kier molecular flexibility index (Phi) is 2.26. The highest BCUT2D eigenvalue weighted by atomic mass is 35.5. The Hall–Kier alpha value is -1.61. The molecule has 0 unspecified atom stereocenters. The highest BCUT2D eigenvalue weighted by Gasteiger charge is 2.27. The minimum Gasteiger partial charge on any atom is -0.404 e. The van der Waals surface area contributed by atoms with Gasteiger partial charge in [-0.05, 0) is 23.7 Å². The molecule has 1 aliphatic rings. The second kappa shape index (κ2) is 3.76. The third kappa shape index (κ3) is 1.53. The summed E-state index contributed by atoms with van der Waals surface area (Å²) >= 11 is 6.17. The zero-order chi connectivity index (χ0) is 11.0. The van der Waals surface area contributed by atoms with Gasteiger partial charge in [-0.25, -0.2) is 0 Å². The molecule has 0 radical (unpaired) electrons. The Labute approximate surface area is 99.8 Å². The van der Waals surface area contributed by atoms with E-state index in [4.69, 9.17) is 11.6 Å². The average molecular weight is 228 g/mol. The van der Waals surface area contributed by atoms with Crippen molar-refractivity contribution in [2.45, 2.75) is 0 Å². The number of hydrogen-bond donors (Lipinski definition) is 2. The number of halogens is 1. The van der Waals surface area contributed by atoms with Crippen LogP contribution < -0.4 is 15.9 Å². The number of hydrogen-bond acceptors (Lipinski definition) is 2. The van der Waals surface area contributed by atoms with E-state index in [1.807, 2.05) is 36.4 Å². The van der Waals surface area contributed by atoms with E-state index in [0.717, 1.165) is 21.9 Å². The third-order valence-corrected chi connectivity index (χ3v) is 3.09. The van der Waals surface area contributed by atoms with Crippen LogP contribution in [0.2, 0.25) is 5.02 Å². The lowest BCUT2D eigenvalue weighted by Crippen LogP contribution is -2.42. The fourth-order valence-corrected chi connectivity index (χ4v) is 2.19. The zero-order valence-electron chi connectivity index (χ0n) is 8.57. The predicted molar refractivity (Wildman–Crippen MR) is 70.5 cm³/mol. The molecule has 0 fully saturated rings. The molecule has 2 aromatic rings. The molecule has 16 heavy (non-hydrogen) atoms. The van der Waals surface area contributed by atoms with E-state index < -0.39 is 0 Å². The summed E-state index contributed by atoms with van der Waals surface area (Å²) in [6.07, 6.45) is 0. The topological polar surface area (TPSA) is 24.1 Å². The van der Waals surface area contributed by atoms with Crippen LogP contribution in [0.1, 0.15) is 0 Å². The molecule has 0 aliphatic carbocycles. The van der Waals surface area contributed by atoms with E-state index in [-0.39, 0.29) is 6.98 Å². The standard InChI is InChI=1S/C12H10BClN2/c14-10-6-2-1-5-9(10)13-15-11-7-3-4-8-12(11)16-13/h1-8,15-16H. The molecular weight excluding hydrogens is 218 g/mol. The summed E-state index contributed by atoms with van der Waals surface area (Å²) in [5.74, 6) is 0. The second-order valence-corrected chi connectivity index (χ2v) is 4.20. The maximum atomic E-state index is 6.17. The summed E-state index contributed by atoms with van der Waals surface area (Å²) in [6, 6.07) is 16.0. The van der Waals surface area contributed by atoms with Gasteiger partial charge in [-0.1, -0.05) is 41.9 Å². The second-order valence-electron chi connectivity index (χ2n) is 3.79. The summed E-state index contributed by atoms with van der Waals surface area (Å²) < 4.78 is 0. The van der Waals surface area contributed by atoms with Crippen LogP contribution >= 0.6 is 11.6 Å². The van der Waals surface area contributed by atoms with Gasteiger partial charge in [0.05, 0.1) is 0 Å². The van der Waals surface area contributed by atoms with Crippen LogP contribution in [0.4, 0.5) is 11.4 Å². The maximum absolute atomic E-state index is 6.17. The molecule has 0 saturated heterocycles. The van der Waals surface area contributed by atoms with Crippen molar-refractivity contribution in [1.82, 2.24) is 0 Å². The van der Waals surface area contributed by atoms with Gasteiger partial charge >= 0.3 is 6.98 Å². The van der Waals surface area contributed by atoms with Crippen LogP contribution in [-0.2, 0) is 0 Å². The molecule has 1 heterocycles. The molecule has 2 aromatic carbocycles. The summed E-state index contributed by atoms with van der Waals surface area (Å²) in [6.45, 7) is 0.0612. The van der Waals surface area contributed by atoms with Crippen molar-refractivity contribution in [3.05, 3.63) is 53.6 Å². The van der Waals surface area contributed by atoms with Crippen molar-refractivity contribution in [2.75, 3.05) is 10.5 Å². The Morgan fingerprint density at radius 2 is 1.38 bits per heavy atom. The highest BCUT2D eigenvalue weighted by molar-refractivity contribution is 6.82. The number of benzene rings is 2. The van der Waals surface area contributed by atoms with Gasteiger partial charge in [0, 0.05) is 16.4 Å². The smallest absolute Gasteiger partial charge is 0.404 e. The fraction of sp³-hybridized carbons (Fsp3) is 0. The van der Waals surface area contributed by atoms with Crippen molar-refractivity contribution in [3.63, 3.8) is 0 Å². The monoisotopic (exact) mass is 228 g/mol. The van der Waals surface area contributed by atoms with Crippen molar-refractivity contribution in [3.8, 4) is 0 Å². The first-order chi connectivity index (χ1) is 7.84. The Morgan fingerprint density at radius 3 is 2.00 bits per heavy atom. The van der Waals surface area contributed by atoms with Gasteiger partial charge in [0.1, 0.15) is 0 Å². The molecule has 0 bridgehead atoms. The van der Waals surface area contributed by atoms with E-state index in [2.05, 4.69) is 22.6 Å². The number of rotatable bonds is 1. The first-order valence-corrected chi connectivity index (χ1v) is 5.59. The molecule has 4 heteroatoms. The molecule has 0 saturated carbocycles. The van der Waals surface area contributed by atoms with Gasteiger partial charge < -0.3 is 10.5 Å². The average Bonchev–Trinajstić information content (AvgIpc) is 2.73. The maximum Gasteiger partial charge on any atom is 0.407 e. The predicted octanol–water partition coefficient (Wildman–Crippen LogP) is 2.57. The molecule has 3 rings (SSSR count). The van der Waals surface area contributed by atoms with Crippen LogP contribution in [0.25, 0.3) is 0 Å². The minimum atomic E-state index is 0.0612. The van der Waals surface area contributed by atoms with Crippen molar-refractivity contribution >= 4 is 35.4 Å². The Morgan fingerprint density at radius 1 is 0.812 bits per heavy atom. The van der Waals surface area contributed by atoms with Crippen LogP contribution in [0, 0.1) is 0 Å². The summed E-state index contributed by atoms with van der Waals surface area (Å²) in [4.78, 5) is 0. The molecule has 0 atom stereocenters. The molecule has 78 valence electrons. The summed E-state index contributed by atoms with van der Waals surface area (Å²) in [5, 5.41) is 7.57. The van der Waals surface area contributed by atoms with Crippen LogP contribution in [-0.4, -0.2) is 6.98 Å². The van der Waals surface area contributed by atoms with E-state index in [0.29, 0.717) is 0 Å². The largest absolute Gasteiger partial charge is 0.407 e. The van der Waals surface area contributed by atoms with Gasteiger partial charge in [0.15, 0.2) is 0 Å². The summed E-state index contributed by atoms with van der Waals surface area (Å²) in [5.41, 5.74) is 3.31. The lowest BCUT2D eigenvalue weighted by atomic mass is 9.69. The van der Waals surface area contributed by atoms with Gasteiger partial charge in [-0.15, -0.1) is 0 Å². The highest BCUT2D eigenvalue weighted by Crippen LogP contribution is 2.27. The SMILES string of the molecule is Clc1ccccc1B1Nc2ccccc2N1. The van der Waals surface area contributed by atoms with Gasteiger partial charge in [-0.3, -0.25) is 0 Å². The van der Waals surface area contributed by atoms with E-state index in [1.54, 1.807) is 0 Å². The number of para-hydroxylation sites is 2. The number of nitrogens with one attached hydrogen (secondary N) is 2. The molecular formula is C12H10BClN2. The zero-order valence-corrected chi connectivity index (χ0v) is 9.33. The van der Waals surface area contributed by atoms with Gasteiger partial charge in [-0.2, -0.15) is 0 Å². The molecule has 0 amide bonds. The molecule has 0 aromatic heterocycles. The minimum absolute atomic E-state index is 0.0612. The lowest BCUT2D eigenvalue weighted by Gasteiger charge is -2.08. The van der Waals surface area contributed by atoms with E-state index in [9.17, 15) is 0 Å². The van der Waals surface area contributed by atoms with Crippen molar-refractivity contribution < 1.29 is 0 Å². The fourth-order valence-electron chi connectivity index (χ4n) is 1.95. The molecule has 2 N–H and O–H groups in total. The molecule has 0 spiro atoms. The summed E-state index contributed by atoms with van der Waals surface area (Å²) in [7, 11) is 0. The quantitative estimate of drug-likeness (QED) is 0.733. The van der Waals surface area contributed by atoms with Gasteiger partial charge in [0.25, 0.3) is 0 Å². The normalized spacial score (nSPS) is 12.9. The number of fused-ring (bicyclic) bond motifs is 1.